The van der Waals surface area contributed by atoms with E-state index in [1.165, 1.54) is 0 Å². The molecule has 17 heavy (non-hydrogen) atoms. The third-order valence-electron chi connectivity index (χ3n) is 3.23. The number of benzene rings is 1. The lowest BCUT2D eigenvalue weighted by Gasteiger charge is -2.21. The van der Waals surface area contributed by atoms with Crippen LogP contribution in [0.5, 0.6) is 5.75 Å². The lowest BCUT2D eigenvalue weighted by atomic mass is 9.95. The molecule has 1 aromatic carbocycles. The minimum absolute atomic E-state index is 0.0974. The molecule has 1 aromatic rings. The summed E-state index contributed by atoms with van der Waals surface area (Å²) in [5.41, 5.74) is 2.25. The normalized spacial score (nSPS) is 21.2. The number of amides is 1. The van der Waals surface area contributed by atoms with Crippen LogP contribution in [0.25, 0.3) is 0 Å². The molecule has 2 aliphatic heterocycles. The van der Waals surface area contributed by atoms with Gasteiger partial charge in [-0.15, -0.1) is 0 Å². The molecule has 2 heterocycles. The third-order valence-corrected chi connectivity index (χ3v) is 3.23. The van der Waals surface area contributed by atoms with Crippen LogP contribution in [-0.4, -0.2) is 23.5 Å². The minimum atomic E-state index is -0.718. The van der Waals surface area contributed by atoms with Crippen LogP contribution in [0.2, 0.25) is 0 Å². The number of carbonyl (C=O) groups excluding carboxylic acids is 1. The van der Waals surface area contributed by atoms with Gasteiger partial charge in [0, 0.05) is 29.0 Å². The number of ether oxygens (including phenoxy) is 1. The number of fused-ring (bicyclic) bond motifs is 3. The summed E-state index contributed by atoms with van der Waals surface area (Å²) >= 11 is 0. The van der Waals surface area contributed by atoms with E-state index < -0.39 is 6.04 Å². The predicted octanol–water partition coefficient (Wildman–Crippen LogP) is 0.510. The molecule has 1 unspecified atom stereocenters. The first-order valence-electron chi connectivity index (χ1n) is 5.36. The van der Waals surface area contributed by atoms with Crippen LogP contribution in [0.4, 0.5) is 0 Å². The van der Waals surface area contributed by atoms with Crippen molar-refractivity contribution in [2.45, 2.75) is 19.0 Å². The summed E-state index contributed by atoms with van der Waals surface area (Å²) in [6.07, 6.45) is 0.334. The molecule has 6 nitrogen and oxygen atoms in total. The van der Waals surface area contributed by atoms with Crippen molar-refractivity contribution in [3.05, 3.63) is 38.9 Å². The fourth-order valence-corrected chi connectivity index (χ4v) is 2.32. The van der Waals surface area contributed by atoms with Crippen molar-refractivity contribution in [2.75, 3.05) is 6.61 Å². The summed E-state index contributed by atoms with van der Waals surface area (Å²) in [6, 6.07) is 2.71. The molecule has 0 saturated carbocycles. The zero-order valence-electron chi connectivity index (χ0n) is 8.93. The van der Waals surface area contributed by atoms with E-state index in [2.05, 4.69) is 5.32 Å². The van der Waals surface area contributed by atoms with Gasteiger partial charge >= 0.3 is 0 Å². The molecule has 0 aromatic heterocycles. The second-order valence-electron chi connectivity index (χ2n) is 4.21. The molecule has 0 radical (unpaired) electrons. The number of nitrogens with zero attached hydrogens (tertiary/aromatic N) is 1. The van der Waals surface area contributed by atoms with Crippen molar-refractivity contribution in [1.29, 1.82) is 0 Å². The number of rotatable bonds is 1. The first-order valence-corrected chi connectivity index (χ1v) is 5.36. The van der Waals surface area contributed by atoms with E-state index in [-0.39, 0.29) is 17.4 Å². The molecule has 0 fully saturated rings. The molecule has 0 bridgehead atoms. The van der Waals surface area contributed by atoms with Gasteiger partial charge in [0.2, 0.25) is 0 Å². The molecule has 1 atom stereocenters. The molecule has 0 saturated heterocycles. The zero-order valence-corrected chi connectivity index (χ0v) is 8.93. The van der Waals surface area contributed by atoms with E-state index >= 15 is 0 Å². The first-order chi connectivity index (χ1) is 8.16. The average Bonchev–Trinajstić information content (AvgIpc) is 2.71. The Balaban J connectivity index is 2.06. The standard InChI is InChI=1S/C11H10N2O4/c14-11-7-1-2-10-8(9(7)4-12-11)3-6(5-17-10)13(15)16/h1-2,6H,3-5H2,(H,12,14). The van der Waals surface area contributed by atoms with Gasteiger partial charge in [-0.05, 0) is 17.7 Å². The van der Waals surface area contributed by atoms with Gasteiger partial charge in [-0.3, -0.25) is 14.9 Å². The molecule has 0 aliphatic carbocycles. The zero-order chi connectivity index (χ0) is 12.0. The van der Waals surface area contributed by atoms with Gasteiger partial charge in [-0.25, -0.2) is 0 Å². The average molecular weight is 234 g/mol. The van der Waals surface area contributed by atoms with E-state index in [4.69, 9.17) is 4.74 Å². The van der Waals surface area contributed by atoms with Gasteiger partial charge in [0.15, 0.2) is 6.61 Å². The Hall–Kier alpha value is -2.11. The molecule has 2 aliphatic rings. The van der Waals surface area contributed by atoms with Crippen LogP contribution < -0.4 is 10.1 Å². The van der Waals surface area contributed by atoms with Crippen LogP contribution >= 0.6 is 0 Å². The first kappa shape index (κ1) is 10.1. The molecule has 0 spiro atoms. The number of carbonyl (C=O) groups is 1. The quantitative estimate of drug-likeness (QED) is 0.567. The summed E-state index contributed by atoms with van der Waals surface area (Å²) in [6.45, 7) is 0.533. The summed E-state index contributed by atoms with van der Waals surface area (Å²) < 4.78 is 5.38. The smallest absolute Gasteiger partial charge is 0.251 e. The topological polar surface area (TPSA) is 81.5 Å². The summed E-state index contributed by atoms with van der Waals surface area (Å²) in [5.74, 6) is 0.546. The van der Waals surface area contributed by atoms with Crippen molar-refractivity contribution in [3.63, 3.8) is 0 Å². The van der Waals surface area contributed by atoms with Crippen LogP contribution in [0.15, 0.2) is 12.1 Å². The van der Waals surface area contributed by atoms with E-state index in [1.54, 1.807) is 12.1 Å². The predicted molar refractivity (Wildman–Crippen MR) is 57.6 cm³/mol. The second kappa shape index (κ2) is 3.44. The van der Waals surface area contributed by atoms with E-state index in [1.807, 2.05) is 0 Å². The number of nitro groups is 1. The Morgan fingerprint density at radius 2 is 2.24 bits per heavy atom. The number of nitrogens with one attached hydrogen (secondary N) is 1. The summed E-state index contributed by atoms with van der Waals surface area (Å²) in [5, 5.41) is 13.5. The molecule has 6 heteroatoms. The fraction of sp³-hybridized carbons (Fsp3) is 0.364. The van der Waals surface area contributed by atoms with Crippen molar-refractivity contribution in [2.24, 2.45) is 0 Å². The second-order valence-corrected chi connectivity index (χ2v) is 4.21. The largest absolute Gasteiger partial charge is 0.486 e. The maximum absolute atomic E-state index is 11.5. The highest BCUT2D eigenvalue weighted by Crippen LogP contribution is 2.32. The number of hydrogen-bond acceptors (Lipinski definition) is 4. The van der Waals surface area contributed by atoms with Crippen LogP contribution in [0.3, 0.4) is 0 Å². The van der Waals surface area contributed by atoms with Gasteiger partial charge in [0.1, 0.15) is 5.75 Å². The van der Waals surface area contributed by atoms with Crippen LogP contribution in [-0.2, 0) is 13.0 Å². The van der Waals surface area contributed by atoms with Crippen molar-refractivity contribution in [1.82, 2.24) is 5.32 Å². The molecule has 88 valence electrons. The van der Waals surface area contributed by atoms with E-state index in [0.29, 0.717) is 24.3 Å². The van der Waals surface area contributed by atoms with Crippen molar-refractivity contribution >= 4 is 5.91 Å². The third kappa shape index (κ3) is 1.44. The highest BCUT2D eigenvalue weighted by Gasteiger charge is 2.33. The summed E-state index contributed by atoms with van der Waals surface area (Å²) in [7, 11) is 0. The van der Waals surface area contributed by atoms with Crippen molar-refractivity contribution in [3.8, 4) is 5.75 Å². The van der Waals surface area contributed by atoms with Crippen LogP contribution in [0.1, 0.15) is 21.5 Å². The minimum Gasteiger partial charge on any atom is -0.486 e. The molecule has 3 rings (SSSR count). The lowest BCUT2D eigenvalue weighted by molar-refractivity contribution is -0.525. The number of hydrogen-bond donors (Lipinski definition) is 1. The highest BCUT2D eigenvalue weighted by atomic mass is 16.6. The van der Waals surface area contributed by atoms with Gasteiger partial charge in [0.05, 0.1) is 0 Å². The maximum Gasteiger partial charge on any atom is 0.251 e. The Morgan fingerprint density at radius 3 is 3.00 bits per heavy atom. The molecule has 1 amide bonds. The Labute approximate surface area is 96.7 Å². The van der Waals surface area contributed by atoms with Gasteiger partial charge < -0.3 is 10.1 Å². The van der Waals surface area contributed by atoms with Crippen LogP contribution in [0, 0.1) is 10.1 Å². The molecular weight excluding hydrogens is 224 g/mol. The monoisotopic (exact) mass is 234 g/mol. The summed E-state index contributed by atoms with van der Waals surface area (Å²) in [4.78, 5) is 21.9. The Morgan fingerprint density at radius 1 is 1.41 bits per heavy atom. The van der Waals surface area contributed by atoms with E-state index in [9.17, 15) is 14.9 Å². The van der Waals surface area contributed by atoms with Gasteiger partial charge in [-0.2, -0.15) is 0 Å². The van der Waals surface area contributed by atoms with E-state index in [0.717, 1.165) is 11.1 Å². The Kier molecular flexibility index (Phi) is 2.04. The Bertz CT molecular complexity index is 526. The SMILES string of the molecule is O=C1NCc2c1ccc1c2CC([N+](=O)[O-])CO1. The highest BCUT2D eigenvalue weighted by molar-refractivity contribution is 5.99. The molecule has 1 N–H and O–H groups in total. The van der Waals surface area contributed by atoms with Gasteiger partial charge in [-0.1, -0.05) is 0 Å². The maximum atomic E-state index is 11.5. The lowest BCUT2D eigenvalue weighted by Crippen LogP contribution is -2.33. The van der Waals surface area contributed by atoms with Gasteiger partial charge in [0.25, 0.3) is 11.9 Å². The molecular formula is C11H10N2O4. The fourth-order valence-electron chi connectivity index (χ4n) is 2.32. The van der Waals surface area contributed by atoms with Crippen molar-refractivity contribution < 1.29 is 14.5 Å².